The van der Waals surface area contributed by atoms with E-state index in [2.05, 4.69) is 20.6 Å². The second kappa shape index (κ2) is 5.12. The number of aromatic nitrogens is 2. The van der Waals surface area contributed by atoms with Crippen molar-refractivity contribution in [2.75, 3.05) is 24.3 Å². The van der Waals surface area contributed by atoms with Gasteiger partial charge in [-0.1, -0.05) is 6.92 Å². The van der Waals surface area contributed by atoms with Crippen molar-refractivity contribution in [3.05, 3.63) is 11.9 Å². The molecular formula is C11H20N4O. The number of aryl methyl sites for hydroxylation is 1. The second-order valence-electron chi connectivity index (χ2n) is 4.33. The lowest BCUT2D eigenvalue weighted by molar-refractivity contribution is 0.234. The Morgan fingerprint density at radius 3 is 2.44 bits per heavy atom. The zero-order valence-corrected chi connectivity index (χ0v) is 10.3. The summed E-state index contributed by atoms with van der Waals surface area (Å²) in [7, 11) is 1.82. The van der Waals surface area contributed by atoms with Gasteiger partial charge in [0.05, 0.1) is 12.1 Å². The maximum Gasteiger partial charge on any atom is 0.132 e. The average molecular weight is 224 g/mol. The highest BCUT2D eigenvalue weighted by Crippen LogP contribution is 2.16. The Kier molecular flexibility index (Phi) is 4.06. The van der Waals surface area contributed by atoms with Crippen LogP contribution in [-0.4, -0.2) is 34.3 Å². The number of aliphatic hydroxyl groups excluding tert-OH is 1. The van der Waals surface area contributed by atoms with E-state index >= 15 is 0 Å². The molecular weight excluding hydrogens is 204 g/mol. The van der Waals surface area contributed by atoms with Crippen LogP contribution in [0.2, 0.25) is 0 Å². The number of hydrogen-bond donors (Lipinski definition) is 3. The summed E-state index contributed by atoms with van der Waals surface area (Å²) in [5.74, 6) is 2.29. The fourth-order valence-electron chi connectivity index (χ4n) is 1.23. The molecule has 0 atom stereocenters. The Balaban J connectivity index is 2.95. The van der Waals surface area contributed by atoms with Crippen molar-refractivity contribution in [2.45, 2.75) is 32.7 Å². The topological polar surface area (TPSA) is 70.1 Å². The van der Waals surface area contributed by atoms with Gasteiger partial charge in [0.25, 0.3) is 0 Å². The molecule has 5 heteroatoms. The monoisotopic (exact) mass is 224 g/mol. The average Bonchev–Trinajstić information content (AvgIpc) is 2.28. The minimum atomic E-state index is -0.385. The lowest BCUT2D eigenvalue weighted by atomic mass is 10.1. The van der Waals surface area contributed by atoms with Crippen LogP contribution in [0, 0.1) is 0 Å². The maximum atomic E-state index is 9.19. The Bertz CT molecular complexity index is 330. The van der Waals surface area contributed by atoms with Crippen LogP contribution >= 0.6 is 0 Å². The van der Waals surface area contributed by atoms with E-state index in [0.29, 0.717) is 0 Å². The smallest absolute Gasteiger partial charge is 0.132 e. The van der Waals surface area contributed by atoms with Gasteiger partial charge >= 0.3 is 0 Å². The van der Waals surface area contributed by atoms with E-state index < -0.39 is 0 Å². The minimum Gasteiger partial charge on any atom is -0.394 e. The van der Waals surface area contributed by atoms with E-state index in [-0.39, 0.29) is 12.1 Å². The molecule has 0 aliphatic rings. The van der Waals surface area contributed by atoms with Crippen LogP contribution in [-0.2, 0) is 6.42 Å². The first-order chi connectivity index (χ1) is 7.50. The first-order valence-corrected chi connectivity index (χ1v) is 5.45. The predicted molar refractivity (Wildman–Crippen MR) is 65.7 cm³/mol. The molecule has 16 heavy (non-hydrogen) atoms. The number of nitrogens with one attached hydrogen (secondary N) is 2. The van der Waals surface area contributed by atoms with Crippen molar-refractivity contribution < 1.29 is 5.11 Å². The Morgan fingerprint density at radius 2 is 1.94 bits per heavy atom. The molecule has 0 spiro atoms. The summed E-state index contributed by atoms with van der Waals surface area (Å²) in [6, 6.07) is 1.83. The molecule has 0 unspecified atom stereocenters. The third-order valence-corrected chi connectivity index (χ3v) is 2.21. The third kappa shape index (κ3) is 3.34. The quantitative estimate of drug-likeness (QED) is 0.702. The second-order valence-corrected chi connectivity index (χ2v) is 4.33. The zero-order chi connectivity index (χ0) is 12.2. The highest BCUT2D eigenvalue weighted by molar-refractivity contribution is 5.48. The molecule has 0 aromatic carbocycles. The van der Waals surface area contributed by atoms with Crippen molar-refractivity contribution in [1.82, 2.24) is 9.97 Å². The van der Waals surface area contributed by atoms with Gasteiger partial charge in [-0.25, -0.2) is 9.97 Å². The molecule has 0 fully saturated rings. The largest absolute Gasteiger partial charge is 0.394 e. The SMILES string of the molecule is CCc1nc(NC)cc(NC(C)(C)CO)n1. The Labute approximate surface area is 96.3 Å². The van der Waals surface area contributed by atoms with Gasteiger partial charge in [0.2, 0.25) is 0 Å². The fourth-order valence-corrected chi connectivity index (χ4v) is 1.23. The van der Waals surface area contributed by atoms with Gasteiger partial charge in [-0.3, -0.25) is 0 Å². The lowest BCUT2D eigenvalue weighted by Gasteiger charge is -2.24. The number of rotatable bonds is 5. The molecule has 0 aliphatic carbocycles. The van der Waals surface area contributed by atoms with Crippen molar-refractivity contribution in [2.24, 2.45) is 0 Å². The molecule has 0 amide bonds. The van der Waals surface area contributed by atoms with Crippen molar-refractivity contribution in [3.63, 3.8) is 0 Å². The fraction of sp³-hybridized carbons (Fsp3) is 0.636. The van der Waals surface area contributed by atoms with E-state index in [1.807, 2.05) is 33.9 Å². The predicted octanol–water partition coefficient (Wildman–Crippen LogP) is 1.26. The van der Waals surface area contributed by atoms with Gasteiger partial charge in [-0.05, 0) is 13.8 Å². The first-order valence-electron chi connectivity index (χ1n) is 5.45. The van der Waals surface area contributed by atoms with E-state index in [9.17, 15) is 5.11 Å². The summed E-state index contributed by atoms with van der Waals surface area (Å²) >= 11 is 0. The van der Waals surface area contributed by atoms with Gasteiger partial charge in [0, 0.05) is 19.5 Å². The summed E-state index contributed by atoms with van der Waals surface area (Å²) in [4.78, 5) is 8.66. The number of nitrogens with zero attached hydrogens (tertiary/aromatic N) is 2. The summed E-state index contributed by atoms with van der Waals surface area (Å²) in [5.41, 5.74) is -0.385. The van der Waals surface area contributed by atoms with Crippen LogP contribution in [0.3, 0.4) is 0 Å². The molecule has 0 saturated carbocycles. The minimum absolute atomic E-state index is 0.0490. The van der Waals surface area contributed by atoms with Gasteiger partial charge in [0.1, 0.15) is 17.5 Å². The lowest BCUT2D eigenvalue weighted by Crippen LogP contribution is -2.35. The Hall–Kier alpha value is -1.36. The molecule has 1 rings (SSSR count). The summed E-state index contributed by atoms with van der Waals surface area (Å²) < 4.78 is 0. The molecule has 3 N–H and O–H groups in total. The summed E-state index contributed by atoms with van der Waals surface area (Å²) in [5, 5.41) is 15.4. The van der Waals surface area contributed by atoms with Crippen LogP contribution in [0.4, 0.5) is 11.6 Å². The maximum absolute atomic E-state index is 9.19. The summed E-state index contributed by atoms with van der Waals surface area (Å²) in [6.45, 7) is 5.89. The molecule has 90 valence electrons. The molecule has 5 nitrogen and oxygen atoms in total. The standard InChI is InChI=1S/C11H20N4O/c1-5-8-13-9(12-4)6-10(14-8)15-11(2,3)7-16/h6,16H,5,7H2,1-4H3,(H2,12,13,14,15). The van der Waals surface area contributed by atoms with Gasteiger partial charge < -0.3 is 15.7 Å². The van der Waals surface area contributed by atoms with Crippen LogP contribution in [0.1, 0.15) is 26.6 Å². The molecule has 0 bridgehead atoms. The number of anilines is 2. The molecule has 0 saturated heterocycles. The molecule has 1 heterocycles. The van der Waals surface area contributed by atoms with Crippen molar-refractivity contribution in [1.29, 1.82) is 0 Å². The molecule has 1 aromatic heterocycles. The molecule has 0 radical (unpaired) electrons. The van der Waals surface area contributed by atoms with E-state index in [1.165, 1.54) is 0 Å². The third-order valence-electron chi connectivity index (χ3n) is 2.21. The normalized spacial score (nSPS) is 11.3. The van der Waals surface area contributed by atoms with Gasteiger partial charge in [-0.2, -0.15) is 0 Å². The van der Waals surface area contributed by atoms with Crippen molar-refractivity contribution in [3.8, 4) is 0 Å². The van der Waals surface area contributed by atoms with Gasteiger partial charge in [-0.15, -0.1) is 0 Å². The van der Waals surface area contributed by atoms with Crippen LogP contribution in [0.25, 0.3) is 0 Å². The van der Waals surface area contributed by atoms with E-state index in [1.54, 1.807) is 0 Å². The highest BCUT2D eigenvalue weighted by Gasteiger charge is 2.17. The zero-order valence-electron chi connectivity index (χ0n) is 10.3. The highest BCUT2D eigenvalue weighted by atomic mass is 16.3. The van der Waals surface area contributed by atoms with Gasteiger partial charge in [0.15, 0.2) is 0 Å². The van der Waals surface area contributed by atoms with Crippen molar-refractivity contribution >= 4 is 11.6 Å². The van der Waals surface area contributed by atoms with E-state index in [0.717, 1.165) is 23.9 Å². The van der Waals surface area contributed by atoms with Crippen LogP contribution in [0.15, 0.2) is 6.07 Å². The molecule has 0 aliphatic heterocycles. The number of aliphatic hydroxyl groups is 1. The first kappa shape index (κ1) is 12.7. The van der Waals surface area contributed by atoms with Crippen LogP contribution in [0.5, 0.6) is 0 Å². The van der Waals surface area contributed by atoms with E-state index in [4.69, 9.17) is 0 Å². The summed E-state index contributed by atoms with van der Waals surface area (Å²) in [6.07, 6.45) is 0.782. The molecule has 1 aromatic rings. The van der Waals surface area contributed by atoms with Crippen LogP contribution < -0.4 is 10.6 Å². The Morgan fingerprint density at radius 1 is 1.31 bits per heavy atom. The number of hydrogen-bond acceptors (Lipinski definition) is 5.